The minimum Gasteiger partial charge on any atom is -0.493 e. The number of Topliss-reactive ketones (excluding diaryl/α,β-unsaturated/α-hetero) is 2. The lowest BCUT2D eigenvalue weighted by Crippen LogP contribution is -2.12. The Hall–Kier alpha value is -2.62. The van der Waals surface area contributed by atoms with E-state index >= 15 is 0 Å². The van der Waals surface area contributed by atoms with Gasteiger partial charge in [0.15, 0.2) is 11.5 Å². The van der Waals surface area contributed by atoms with E-state index in [0.29, 0.717) is 17.9 Å². The minimum absolute atomic E-state index is 0.0523. The Morgan fingerprint density at radius 1 is 0.783 bits per heavy atom. The zero-order valence-corrected chi connectivity index (χ0v) is 13.4. The van der Waals surface area contributed by atoms with Crippen LogP contribution in [0, 0.1) is 0 Å². The average molecular weight is 312 g/mol. The van der Waals surface area contributed by atoms with Crippen molar-refractivity contribution in [3.8, 4) is 11.5 Å². The van der Waals surface area contributed by atoms with E-state index in [4.69, 9.17) is 9.47 Å². The molecular weight excluding hydrogens is 292 g/mol. The first-order valence-electron chi connectivity index (χ1n) is 7.40. The predicted octanol–water partition coefficient (Wildman–Crippen LogP) is 3.02. The quantitative estimate of drug-likeness (QED) is 0.703. The van der Waals surface area contributed by atoms with Crippen LogP contribution in [0.3, 0.4) is 0 Å². The molecule has 0 fully saturated rings. The van der Waals surface area contributed by atoms with Crippen molar-refractivity contribution in [2.75, 3.05) is 14.2 Å². The van der Waals surface area contributed by atoms with Gasteiger partial charge in [-0.15, -0.1) is 0 Å². The second kappa shape index (κ2) is 8.13. The number of hydrogen-bond donors (Lipinski definition) is 0. The Labute approximate surface area is 136 Å². The molecule has 0 unspecified atom stereocenters. The van der Waals surface area contributed by atoms with E-state index < -0.39 is 0 Å². The van der Waals surface area contributed by atoms with Gasteiger partial charge in [-0.2, -0.15) is 0 Å². The molecule has 0 radical (unpaired) electrons. The van der Waals surface area contributed by atoms with Crippen molar-refractivity contribution in [1.29, 1.82) is 0 Å². The largest absolute Gasteiger partial charge is 0.493 e. The third-order valence-corrected chi connectivity index (χ3v) is 3.49. The van der Waals surface area contributed by atoms with Crippen LogP contribution in [0.15, 0.2) is 48.5 Å². The highest BCUT2D eigenvalue weighted by atomic mass is 16.5. The van der Waals surface area contributed by atoms with Crippen molar-refractivity contribution in [2.24, 2.45) is 0 Å². The van der Waals surface area contributed by atoms with Crippen LogP contribution >= 0.6 is 0 Å². The normalized spacial score (nSPS) is 10.2. The standard InChI is InChI=1S/C19H20O4/c1-22-18-9-8-15(12-19(18)23-2)11-17(21)13-16(20)10-14-6-4-3-5-7-14/h3-9,12H,10-11,13H2,1-2H3. The molecule has 0 atom stereocenters. The first-order valence-corrected chi connectivity index (χ1v) is 7.40. The van der Waals surface area contributed by atoms with E-state index in [9.17, 15) is 9.59 Å². The SMILES string of the molecule is COc1ccc(CC(=O)CC(=O)Cc2ccccc2)cc1OC. The summed E-state index contributed by atoms with van der Waals surface area (Å²) in [4.78, 5) is 24.0. The van der Waals surface area contributed by atoms with Crippen LogP contribution in [-0.4, -0.2) is 25.8 Å². The van der Waals surface area contributed by atoms with Gasteiger partial charge in [0, 0.05) is 12.8 Å². The third-order valence-electron chi connectivity index (χ3n) is 3.49. The lowest BCUT2D eigenvalue weighted by Gasteiger charge is -2.09. The fraction of sp³-hybridized carbons (Fsp3) is 0.263. The van der Waals surface area contributed by atoms with Gasteiger partial charge in [0.2, 0.25) is 0 Å². The fourth-order valence-corrected chi connectivity index (χ4v) is 2.39. The summed E-state index contributed by atoms with van der Waals surface area (Å²) >= 11 is 0. The van der Waals surface area contributed by atoms with Crippen LogP contribution in [0.2, 0.25) is 0 Å². The van der Waals surface area contributed by atoms with Crippen molar-refractivity contribution in [2.45, 2.75) is 19.3 Å². The lowest BCUT2D eigenvalue weighted by molar-refractivity contribution is -0.126. The Balaban J connectivity index is 1.93. The monoisotopic (exact) mass is 312 g/mol. The summed E-state index contributed by atoms with van der Waals surface area (Å²) in [7, 11) is 3.11. The summed E-state index contributed by atoms with van der Waals surface area (Å²) in [6.07, 6.45) is 0.447. The van der Waals surface area contributed by atoms with Crippen LogP contribution in [-0.2, 0) is 22.4 Å². The fourth-order valence-electron chi connectivity index (χ4n) is 2.39. The summed E-state index contributed by atoms with van der Waals surface area (Å²) in [5, 5.41) is 0. The van der Waals surface area contributed by atoms with E-state index in [1.54, 1.807) is 32.4 Å². The molecule has 0 aromatic heterocycles. The zero-order chi connectivity index (χ0) is 16.7. The van der Waals surface area contributed by atoms with Crippen molar-refractivity contribution >= 4 is 11.6 Å². The maximum Gasteiger partial charge on any atom is 0.161 e. The summed E-state index contributed by atoms with van der Waals surface area (Å²) in [5.74, 6) is 1.03. The zero-order valence-electron chi connectivity index (χ0n) is 13.4. The van der Waals surface area contributed by atoms with Gasteiger partial charge < -0.3 is 9.47 Å². The number of benzene rings is 2. The van der Waals surface area contributed by atoms with Crippen molar-refractivity contribution in [1.82, 2.24) is 0 Å². The molecule has 0 spiro atoms. The van der Waals surface area contributed by atoms with Crippen molar-refractivity contribution in [3.63, 3.8) is 0 Å². The van der Waals surface area contributed by atoms with Gasteiger partial charge in [-0.3, -0.25) is 9.59 Å². The van der Waals surface area contributed by atoms with Crippen molar-refractivity contribution in [3.05, 3.63) is 59.7 Å². The number of ether oxygens (including phenoxy) is 2. The molecule has 0 N–H and O–H groups in total. The van der Waals surface area contributed by atoms with Crippen LogP contribution in [0.25, 0.3) is 0 Å². The molecule has 0 amide bonds. The molecule has 0 saturated heterocycles. The van der Waals surface area contributed by atoms with E-state index in [2.05, 4.69) is 0 Å². The van der Waals surface area contributed by atoms with Crippen LogP contribution in [0.1, 0.15) is 17.5 Å². The number of carbonyl (C=O) groups excluding carboxylic acids is 2. The molecule has 2 rings (SSSR count). The second-order valence-corrected chi connectivity index (χ2v) is 5.28. The van der Waals surface area contributed by atoms with Gasteiger partial charge in [-0.1, -0.05) is 36.4 Å². The van der Waals surface area contributed by atoms with Crippen LogP contribution < -0.4 is 9.47 Å². The van der Waals surface area contributed by atoms with Crippen molar-refractivity contribution < 1.29 is 19.1 Å². The molecule has 2 aromatic carbocycles. The molecule has 0 aliphatic heterocycles. The Morgan fingerprint density at radius 3 is 2.00 bits per heavy atom. The highest BCUT2D eigenvalue weighted by Crippen LogP contribution is 2.27. The minimum atomic E-state index is -0.0989. The maximum atomic E-state index is 12.1. The number of methoxy groups -OCH3 is 2. The first kappa shape index (κ1) is 16.7. The topological polar surface area (TPSA) is 52.6 Å². The highest BCUT2D eigenvalue weighted by Gasteiger charge is 2.12. The summed E-state index contributed by atoms with van der Waals surface area (Å²) in [5.41, 5.74) is 1.73. The maximum absolute atomic E-state index is 12.1. The van der Waals surface area contributed by atoms with Gasteiger partial charge >= 0.3 is 0 Å². The number of hydrogen-bond acceptors (Lipinski definition) is 4. The van der Waals surface area contributed by atoms with Gasteiger partial charge in [-0.25, -0.2) is 0 Å². The molecule has 4 nitrogen and oxygen atoms in total. The highest BCUT2D eigenvalue weighted by molar-refractivity contribution is 6.00. The molecule has 23 heavy (non-hydrogen) atoms. The summed E-state index contributed by atoms with van der Waals surface area (Å²) < 4.78 is 10.4. The third kappa shape index (κ3) is 4.95. The van der Waals surface area contributed by atoms with Gasteiger partial charge in [0.1, 0.15) is 11.6 Å². The second-order valence-electron chi connectivity index (χ2n) is 5.28. The molecule has 4 heteroatoms. The van der Waals surface area contributed by atoms with Gasteiger partial charge in [-0.05, 0) is 23.3 Å². The Morgan fingerprint density at radius 2 is 1.39 bits per heavy atom. The molecule has 0 aliphatic rings. The van der Waals surface area contributed by atoms with E-state index in [-0.39, 0.29) is 24.4 Å². The van der Waals surface area contributed by atoms with Crippen LogP contribution in [0.4, 0.5) is 0 Å². The molecule has 0 bridgehead atoms. The van der Waals surface area contributed by atoms with E-state index in [0.717, 1.165) is 11.1 Å². The number of carbonyl (C=O) groups is 2. The molecule has 0 saturated carbocycles. The number of ketones is 2. The molecular formula is C19H20O4. The smallest absolute Gasteiger partial charge is 0.161 e. The van der Waals surface area contributed by atoms with E-state index in [1.165, 1.54) is 0 Å². The van der Waals surface area contributed by atoms with E-state index in [1.807, 2.05) is 30.3 Å². The average Bonchev–Trinajstić information content (AvgIpc) is 2.55. The molecule has 0 aliphatic carbocycles. The van der Waals surface area contributed by atoms with Crippen LogP contribution in [0.5, 0.6) is 11.5 Å². The number of rotatable bonds is 8. The molecule has 0 heterocycles. The Bertz CT molecular complexity index is 677. The van der Waals surface area contributed by atoms with Gasteiger partial charge in [0.25, 0.3) is 0 Å². The summed E-state index contributed by atoms with van der Waals surface area (Å²) in [6, 6.07) is 14.8. The summed E-state index contributed by atoms with van der Waals surface area (Å²) in [6.45, 7) is 0. The molecule has 2 aromatic rings. The first-order chi connectivity index (χ1) is 11.1. The lowest BCUT2D eigenvalue weighted by atomic mass is 10.0. The van der Waals surface area contributed by atoms with Gasteiger partial charge in [0.05, 0.1) is 20.6 Å². The molecule has 120 valence electrons. The predicted molar refractivity (Wildman–Crippen MR) is 88.0 cm³/mol. The Kier molecular flexibility index (Phi) is 5.92.